The summed E-state index contributed by atoms with van der Waals surface area (Å²) < 4.78 is 5.07. The minimum Gasteiger partial charge on any atom is -0.465 e. The molecule has 1 aromatic heterocycles. The molecular weight excluding hydrogens is 326 g/mol. The molecule has 1 aliphatic carbocycles. The third-order valence-corrected chi connectivity index (χ3v) is 5.06. The topological polar surface area (TPSA) is 67.9 Å². The highest BCUT2D eigenvalue weighted by molar-refractivity contribution is 6.04. The Bertz CT molecular complexity index is 1120. The van der Waals surface area contributed by atoms with Crippen LogP contribution in [0.2, 0.25) is 0 Å². The van der Waals surface area contributed by atoms with E-state index in [0.29, 0.717) is 16.6 Å². The summed E-state index contributed by atoms with van der Waals surface area (Å²) in [5, 5.41) is 10.9. The molecule has 0 saturated carbocycles. The minimum atomic E-state index is -0.402. The van der Waals surface area contributed by atoms with Gasteiger partial charge in [-0.2, -0.15) is 15.4 Å². The van der Waals surface area contributed by atoms with E-state index in [1.165, 1.54) is 29.4 Å². The third kappa shape index (κ3) is 1.94. The van der Waals surface area contributed by atoms with Gasteiger partial charge in [-0.25, -0.2) is 4.79 Å². The summed E-state index contributed by atoms with van der Waals surface area (Å²) in [4.78, 5) is 12.6. The molecule has 0 bridgehead atoms. The first-order chi connectivity index (χ1) is 12.8. The van der Waals surface area contributed by atoms with Gasteiger partial charge in [-0.15, -0.1) is 0 Å². The van der Waals surface area contributed by atoms with E-state index >= 15 is 0 Å². The quantitative estimate of drug-likeness (QED) is 0.494. The van der Waals surface area contributed by atoms with Crippen molar-refractivity contribution < 1.29 is 9.53 Å². The monoisotopic (exact) mass is 341 g/mol. The zero-order chi connectivity index (χ0) is 17.7. The van der Waals surface area contributed by atoms with Crippen LogP contribution in [0.25, 0.3) is 22.2 Å². The molecule has 5 rings (SSSR count). The molecule has 5 heteroatoms. The second-order valence-corrected chi connectivity index (χ2v) is 6.32. The van der Waals surface area contributed by atoms with Gasteiger partial charge in [0.05, 0.1) is 12.7 Å². The zero-order valence-electron chi connectivity index (χ0n) is 14.1. The number of benzene rings is 3. The number of fused-ring (bicyclic) bond motifs is 4. The van der Waals surface area contributed by atoms with Gasteiger partial charge in [0.2, 0.25) is 0 Å². The fourth-order valence-electron chi connectivity index (χ4n) is 3.98. The van der Waals surface area contributed by atoms with Crippen LogP contribution in [0.1, 0.15) is 33.0 Å². The number of hydrogen-bond donors (Lipinski definition) is 1. The number of rotatable bonds is 2. The summed E-state index contributed by atoms with van der Waals surface area (Å²) in [7, 11) is 1.39. The molecule has 126 valence electrons. The molecule has 1 aliphatic rings. The predicted octanol–water partition coefficient (Wildman–Crippen LogP) is 3.91. The van der Waals surface area contributed by atoms with Gasteiger partial charge in [-0.05, 0) is 33.9 Å². The van der Waals surface area contributed by atoms with E-state index in [-0.39, 0.29) is 5.92 Å². The van der Waals surface area contributed by atoms with Gasteiger partial charge in [0.15, 0.2) is 0 Å². The van der Waals surface area contributed by atoms with Crippen LogP contribution in [0.4, 0.5) is 0 Å². The molecule has 0 aliphatic heterocycles. The number of ether oxygens (including phenoxy) is 1. The normalized spacial score (nSPS) is 12.8. The lowest BCUT2D eigenvalue weighted by atomic mass is 9.86. The number of aromatic nitrogens is 3. The van der Waals surface area contributed by atoms with Crippen molar-refractivity contribution in [3.8, 4) is 11.1 Å². The highest BCUT2D eigenvalue weighted by Gasteiger charge is 2.33. The van der Waals surface area contributed by atoms with Crippen molar-refractivity contribution in [1.29, 1.82) is 0 Å². The molecule has 0 unspecified atom stereocenters. The molecule has 1 N–H and O–H groups in total. The molecule has 0 fully saturated rings. The zero-order valence-corrected chi connectivity index (χ0v) is 14.1. The Hall–Kier alpha value is -3.47. The molecule has 26 heavy (non-hydrogen) atoms. The molecular formula is C21H15N3O2. The average Bonchev–Trinajstić information content (AvgIpc) is 3.29. The van der Waals surface area contributed by atoms with Crippen molar-refractivity contribution in [3.05, 3.63) is 82.9 Å². The number of nitrogens with zero attached hydrogens (tertiary/aromatic N) is 2. The minimum absolute atomic E-state index is 0.0439. The van der Waals surface area contributed by atoms with Crippen LogP contribution in [0, 0.1) is 0 Å². The Balaban J connectivity index is 1.85. The molecule has 0 spiro atoms. The number of aromatic amines is 1. The maximum Gasteiger partial charge on any atom is 0.340 e. The molecule has 0 radical (unpaired) electrons. The van der Waals surface area contributed by atoms with Crippen molar-refractivity contribution in [2.75, 3.05) is 7.11 Å². The Labute approximate surface area is 149 Å². The number of hydrogen-bond acceptors (Lipinski definition) is 4. The van der Waals surface area contributed by atoms with Crippen molar-refractivity contribution in [2.45, 2.75) is 5.92 Å². The summed E-state index contributed by atoms with van der Waals surface area (Å²) in [5.41, 5.74) is 7.30. The molecule has 3 aromatic carbocycles. The molecule has 1 heterocycles. The van der Waals surface area contributed by atoms with Crippen molar-refractivity contribution >= 4 is 17.0 Å². The average molecular weight is 341 g/mol. The first-order valence-corrected chi connectivity index (χ1v) is 8.39. The standard InChI is InChI=1S/C21H15N3O2/c1-26-21(25)19-16(10-11-17-20(19)23-24-22-17)18-14-8-4-2-6-12(14)13-7-3-5-9-15(13)18/h2-11,18H,1H3,(H,22,23,24). The van der Waals surface area contributed by atoms with Gasteiger partial charge in [0.25, 0.3) is 0 Å². The molecule has 0 atom stereocenters. The summed E-state index contributed by atoms with van der Waals surface area (Å²) in [6.07, 6.45) is 0. The second-order valence-electron chi connectivity index (χ2n) is 6.32. The van der Waals surface area contributed by atoms with Crippen LogP contribution < -0.4 is 0 Å². The van der Waals surface area contributed by atoms with Gasteiger partial charge >= 0.3 is 5.97 Å². The Morgan fingerprint density at radius 1 is 0.885 bits per heavy atom. The number of carbonyl (C=O) groups is 1. The molecule has 4 aromatic rings. The van der Waals surface area contributed by atoms with Crippen LogP contribution in [0.5, 0.6) is 0 Å². The van der Waals surface area contributed by atoms with Crippen molar-refractivity contribution in [3.63, 3.8) is 0 Å². The van der Waals surface area contributed by atoms with Crippen molar-refractivity contribution in [2.24, 2.45) is 0 Å². The summed E-state index contributed by atoms with van der Waals surface area (Å²) >= 11 is 0. The van der Waals surface area contributed by atoms with E-state index in [1.54, 1.807) is 0 Å². The second kappa shape index (κ2) is 5.52. The van der Waals surface area contributed by atoms with Crippen LogP contribution in [-0.4, -0.2) is 28.5 Å². The fraction of sp³-hybridized carbons (Fsp3) is 0.0952. The highest BCUT2D eigenvalue weighted by atomic mass is 16.5. The Morgan fingerprint density at radius 2 is 1.54 bits per heavy atom. The Morgan fingerprint density at radius 3 is 2.19 bits per heavy atom. The number of methoxy groups -OCH3 is 1. The lowest BCUT2D eigenvalue weighted by molar-refractivity contribution is 0.0601. The lowest BCUT2D eigenvalue weighted by Gasteiger charge is -2.17. The van der Waals surface area contributed by atoms with E-state index < -0.39 is 5.97 Å². The van der Waals surface area contributed by atoms with E-state index in [2.05, 4.69) is 39.7 Å². The number of carbonyl (C=O) groups excluding carboxylic acids is 1. The van der Waals surface area contributed by atoms with E-state index in [9.17, 15) is 4.79 Å². The molecule has 5 nitrogen and oxygen atoms in total. The SMILES string of the molecule is COC(=O)c1c(C2c3ccccc3-c3ccccc32)ccc2n[nH]nc12. The highest BCUT2D eigenvalue weighted by Crippen LogP contribution is 2.49. The van der Waals surface area contributed by atoms with Crippen LogP contribution in [0.15, 0.2) is 60.7 Å². The lowest BCUT2D eigenvalue weighted by Crippen LogP contribution is -2.11. The fourth-order valence-corrected chi connectivity index (χ4v) is 3.98. The number of nitrogens with one attached hydrogen (secondary N) is 1. The maximum atomic E-state index is 12.6. The smallest absolute Gasteiger partial charge is 0.340 e. The van der Waals surface area contributed by atoms with Gasteiger partial charge in [-0.1, -0.05) is 54.6 Å². The predicted molar refractivity (Wildman–Crippen MR) is 98.1 cm³/mol. The first kappa shape index (κ1) is 14.8. The maximum absolute atomic E-state index is 12.6. The summed E-state index contributed by atoms with van der Waals surface area (Å²) in [6, 6.07) is 20.5. The molecule has 0 amide bonds. The van der Waals surface area contributed by atoms with Crippen molar-refractivity contribution in [1.82, 2.24) is 15.4 Å². The summed E-state index contributed by atoms with van der Waals surface area (Å²) in [5.74, 6) is -0.445. The Kier molecular flexibility index (Phi) is 3.15. The van der Waals surface area contributed by atoms with E-state index in [4.69, 9.17) is 4.74 Å². The van der Waals surface area contributed by atoms with E-state index in [1.807, 2.05) is 36.4 Å². The summed E-state index contributed by atoms with van der Waals surface area (Å²) in [6.45, 7) is 0. The third-order valence-electron chi connectivity index (χ3n) is 5.06. The van der Waals surface area contributed by atoms with Gasteiger partial charge in [0.1, 0.15) is 11.0 Å². The number of H-pyrrole nitrogens is 1. The van der Waals surface area contributed by atoms with Gasteiger partial charge in [-0.3, -0.25) is 0 Å². The van der Waals surface area contributed by atoms with Crippen LogP contribution >= 0.6 is 0 Å². The van der Waals surface area contributed by atoms with Crippen LogP contribution in [-0.2, 0) is 4.74 Å². The molecule has 0 saturated heterocycles. The van der Waals surface area contributed by atoms with E-state index in [0.717, 1.165) is 5.56 Å². The van der Waals surface area contributed by atoms with Gasteiger partial charge in [0, 0.05) is 5.92 Å². The first-order valence-electron chi connectivity index (χ1n) is 8.39. The van der Waals surface area contributed by atoms with Crippen LogP contribution in [0.3, 0.4) is 0 Å². The number of esters is 1. The van der Waals surface area contributed by atoms with Gasteiger partial charge < -0.3 is 4.74 Å². The largest absolute Gasteiger partial charge is 0.465 e.